The van der Waals surface area contributed by atoms with Crippen molar-refractivity contribution in [1.29, 1.82) is 0 Å². The summed E-state index contributed by atoms with van der Waals surface area (Å²) in [5.41, 5.74) is 1.18. The van der Waals surface area contributed by atoms with E-state index in [9.17, 15) is 4.79 Å². The lowest BCUT2D eigenvalue weighted by Crippen LogP contribution is -2.03. The monoisotopic (exact) mass is 200 g/mol. The number of nitrogens with one attached hydrogen (secondary N) is 1. The van der Waals surface area contributed by atoms with Gasteiger partial charge in [-0.05, 0) is 12.0 Å². The Labute approximate surface area is 88.2 Å². The van der Waals surface area contributed by atoms with Crippen molar-refractivity contribution >= 4 is 5.78 Å². The zero-order chi connectivity index (χ0) is 10.5. The van der Waals surface area contributed by atoms with Gasteiger partial charge in [0, 0.05) is 18.8 Å². The number of hydrogen-bond acceptors (Lipinski definition) is 2. The molecule has 3 heteroatoms. The van der Waals surface area contributed by atoms with Gasteiger partial charge in [0.1, 0.15) is 0 Å². The quantitative estimate of drug-likeness (QED) is 0.769. The van der Waals surface area contributed by atoms with Gasteiger partial charge in [0.2, 0.25) is 0 Å². The summed E-state index contributed by atoms with van der Waals surface area (Å²) in [6.07, 6.45) is 4.52. The maximum absolute atomic E-state index is 11.6. The van der Waals surface area contributed by atoms with Gasteiger partial charge < -0.3 is 4.98 Å². The molecule has 0 radical (unpaired) electrons. The second-order valence-electron chi connectivity index (χ2n) is 3.35. The second kappa shape index (κ2) is 4.55. The minimum absolute atomic E-state index is 0.0591. The number of hydrogen-bond donors (Lipinski definition) is 1. The number of carbonyl (C=O) groups excluding carboxylic acids is 1. The Morgan fingerprint density at radius 3 is 2.73 bits per heavy atom. The van der Waals surface area contributed by atoms with Crippen LogP contribution in [0.1, 0.15) is 22.6 Å². The molecule has 0 fully saturated rings. The van der Waals surface area contributed by atoms with E-state index in [0.717, 1.165) is 6.42 Å². The predicted molar refractivity (Wildman–Crippen MR) is 57.7 cm³/mol. The number of aromatic amines is 1. The molecule has 1 aromatic carbocycles. The van der Waals surface area contributed by atoms with Gasteiger partial charge in [0.25, 0.3) is 0 Å². The number of ketones is 1. The summed E-state index contributed by atoms with van der Waals surface area (Å²) in [6, 6.07) is 9.97. The van der Waals surface area contributed by atoms with E-state index in [-0.39, 0.29) is 5.78 Å². The number of benzene rings is 1. The summed E-state index contributed by atoms with van der Waals surface area (Å²) in [5.74, 6) is 0.509. The molecule has 0 amide bonds. The van der Waals surface area contributed by atoms with Crippen molar-refractivity contribution in [3.8, 4) is 0 Å². The smallest absolute Gasteiger partial charge is 0.198 e. The lowest BCUT2D eigenvalue weighted by molar-refractivity contribution is 0.0974. The highest BCUT2D eigenvalue weighted by atomic mass is 16.1. The highest BCUT2D eigenvalue weighted by molar-refractivity contribution is 5.92. The van der Waals surface area contributed by atoms with Crippen LogP contribution in [0.2, 0.25) is 0 Å². The lowest BCUT2D eigenvalue weighted by Gasteiger charge is -1.98. The van der Waals surface area contributed by atoms with Crippen LogP contribution in [-0.2, 0) is 6.42 Å². The molecule has 1 N–H and O–H groups in total. The molecule has 0 unspecified atom stereocenters. The average molecular weight is 200 g/mol. The Balaban J connectivity index is 1.92. The number of nitrogens with zero attached hydrogens (tertiary/aromatic N) is 1. The Kier molecular flexibility index (Phi) is 2.93. The normalized spacial score (nSPS) is 10.1. The molecule has 2 rings (SSSR count). The SMILES string of the molecule is O=C(CCc1ccccc1)c1ncc[nH]1. The molecular weight excluding hydrogens is 188 g/mol. The molecule has 0 bridgehead atoms. The number of rotatable bonds is 4. The van der Waals surface area contributed by atoms with Crippen molar-refractivity contribution in [2.75, 3.05) is 0 Å². The van der Waals surface area contributed by atoms with E-state index >= 15 is 0 Å². The first-order valence-corrected chi connectivity index (χ1v) is 4.93. The minimum atomic E-state index is 0.0591. The fourth-order valence-electron chi connectivity index (χ4n) is 1.44. The van der Waals surface area contributed by atoms with Crippen LogP contribution in [-0.4, -0.2) is 15.8 Å². The van der Waals surface area contributed by atoms with Gasteiger partial charge in [0.05, 0.1) is 0 Å². The molecule has 15 heavy (non-hydrogen) atoms. The van der Waals surface area contributed by atoms with Gasteiger partial charge in [-0.15, -0.1) is 0 Å². The zero-order valence-corrected chi connectivity index (χ0v) is 8.31. The van der Waals surface area contributed by atoms with E-state index < -0.39 is 0 Å². The van der Waals surface area contributed by atoms with Crippen molar-refractivity contribution in [3.63, 3.8) is 0 Å². The number of imidazole rings is 1. The van der Waals surface area contributed by atoms with Crippen molar-refractivity contribution in [1.82, 2.24) is 9.97 Å². The lowest BCUT2D eigenvalue weighted by atomic mass is 10.1. The third-order valence-corrected chi connectivity index (χ3v) is 2.25. The van der Waals surface area contributed by atoms with Crippen LogP contribution >= 0.6 is 0 Å². The molecule has 0 aliphatic heterocycles. The standard InChI is InChI=1S/C12H12N2O/c15-11(12-13-8-9-14-12)7-6-10-4-2-1-3-5-10/h1-5,8-9H,6-7H2,(H,13,14). The zero-order valence-electron chi connectivity index (χ0n) is 8.31. The van der Waals surface area contributed by atoms with Crippen LogP contribution in [0, 0.1) is 0 Å². The number of aryl methyl sites for hydroxylation is 1. The summed E-state index contributed by atoms with van der Waals surface area (Å²) >= 11 is 0. The molecule has 0 aliphatic rings. The Morgan fingerprint density at radius 2 is 2.07 bits per heavy atom. The number of aromatic nitrogens is 2. The number of Topliss-reactive ketones (excluding diaryl/α,β-unsaturated/α-hetero) is 1. The van der Waals surface area contributed by atoms with Gasteiger partial charge in [-0.1, -0.05) is 30.3 Å². The number of carbonyl (C=O) groups is 1. The summed E-state index contributed by atoms with van der Waals surface area (Å²) in [5, 5.41) is 0. The molecule has 0 aliphatic carbocycles. The maximum Gasteiger partial charge on any atom is 0.198 e. The first-order chi connectivity index (χ1) is 7.36. The third kappa shape index (κ3) is 2.53. The first-order valence-electron chi connectivity index (χ1n) is 4.93. The van der Waals surface area contributed by atoms with Crippen LogP contribution in [0.4, 0.5) is 0 Å². The molecule has 0 saturated carbocycles. The molecule has 0 saturated heterocycles. The summed E-state index contributed by atoms with van der Waals surface area (Å²) in [6.45, 7) is 0. The van der Waals surface area contributed by atoms with Gasteiger partial charge in [-0.25, -0.2) is 4.98 Å². The van der Waals surface area contributed by atoms with Crippen molar-refractivity contribution in [2.45, 2.75) is 12.8 Å². The van der Waals surface area contributed by atoms with Crippen LogP contribution in [0.3, 0.4) is 0 Å². The minimum Gasteiger partial charge on any atom is -0.342 e. The van der Waals surface area contributed by atoms with Crippen molar-refractivity contribution < 1.29 is 4.79 Å². The van der Waals surface area contributed by atoms with Gasteiger partial charge in [0.15, 0.2) is 11.6 Å². The van der Waals surface area contributed by atoms with Crippen LogP contribution < -0.4 is 0 Å². The summed E-state index contributed by atoms with van der Waals surface area (Å²) < 4.78 is 0. The highest BCUT2D eigenvalue weighted by Gasteiger charge is 2.07. The molecular formula is C12H12N2O. The summed E-state index contributed by atoms with van der Waals surface area (Å²) in [7, 11) is 0. The fourth-order valence-corrected chi connectivity index (χ4v) is 1.44. The molecule has 2 aromatic rings. The Hall–Kier alpha value is -1.90. The van der Waals surface area contributed by atoms with Crippen LogP contribution in [0.25, 0.3) is 0 Å². The molecule has 76 valence electrons. The highest BCUT2D eigenvalue weighted by Crippen LogP contribution is 2.05. The number of H-pyrrole nitrogens is 1. The molecule has 1 heterocycles. The van der Waals surface area contributed by atoms with Crippen molar-refractivity contribution in [3.05, 3.63) is 54.1 Å². The topological polar surface area (TPSA) is 45.8 Å². The molecule has 1 aromatic heterocycles. The maximum atomic E-state index is 11.6. The second-order valence-corrected chi connectivity index (χ2v) is 3.35. The molecule has 0 spiro atoms. The van der Waals surface area contributed by atoms with E-state index in [4.69, 9.17) is 0 Å². The summed E-state index contributed by atoms with van der Waals surface area (Å²) in [4.78, 5) is 18.3. The van der Waals surface area contributed by atoms with Gasteiger partial charge in [-0.2, -0.15) is 0 Å². The Bertz CT molecular complexity index is 420. The van der Waals surface area contributed by atoms with E-state index in [1.54, 1.807) is 12.4 Å². The van der Waals surface area contributed by atoms with Crippen LogP contribution in [0.5, 0.6) is 0 Å². The molecule has 0 atom stereocenters. The van der Waals surface area contributed by atoms with E-state index in [1.807, 2.05) is 30.3 Å². The first kappa shape index (κ1) is 9.65. The largest absolute Gasteiger partial charge is 0.342 e. The van der Waals surface area contributed by atoms with E-state index in [1.165, 1.54) is 5.56 Å². The fraction of sp³-hybridized carbons (Fsp3) is 0.167. The van der Waals surface area contributed by atoms with Gasteiger partial charge in [-0.3, -0.25) is 4.79 Å². The predicted octanol–water partition coefficient (Wildman–Crippen LogP) is 2.23. The van der Waals surface area contributed by atoms with Crippen molar-refractivity contribution in [2.24, 2.45) is 0 Å². The average Bonchev–Trinajstić information content (AvgIpc) is 2.81. The van der Waals surface area contributed by atoms with E-state index in [0.29, 0.717) is 12.2 Å². The van der Waals surface area contributed by atoms with Crippen LogP contribution in [0.15, 0.2) is 42.7 Å². The van der Waals surface area contributed by atoms with Gasteiger partial charge >= 0.3 is 0 Å². The Morgan fingerprint density at radius 1 is 1.27 bits per heavy atom. The third-order valence-electron chi connectivity index (χ3n) is 2.25. The van der Waals surface area contributed by atoms with E-state index in [2.05, 4.69) is 9.97 Å². The molecule has 3 nitrogen and oxygen atoms in total.